The van der Waals surface area contributed by atoms with Crippen LogP contribution >= 0.6 is 11.3 Å². The Hall–Kier alpha value is -2.15. The second-order valence-electron chi connectivity index (χ2n) is 4.75. The molecule has 21 heavy (non-hydrogen) atoms. The molecule has 112 valence electrons. The van der Waals surface area contributed by atoms with Crippen molar-refractivity contribution in [2.24, 2.45) is 10.7 Å². The molecule has 2 aromatic rings. The van der Waals surface area contributed by atoms with Crippen molar-refractivity contribution >= 4 is 23.0 Å². The van der Waals surface area contributed by atoms with E-state index in [1.165, 1.54) is 0 Å². The molecule has 0 spiro atoms. The predicted octanol–water partition coefficient (Wildman–Crippen LogP) is 2.60. The average molecular weight is 305 g/mol. The highest BCUT2D eigenvalue weighted by atomic mass is 32.1. The Kier molecular flexibility index (Phi) is 5.10. The molecule has 0 unspecified atom stereocenters. The van der Waals surface area contributed by atoms with Gasteiger partial charge in [-0.2, -0.15) is 0 Å². The summed E-state index contributed by atoms with van der Waals surface area (Å²) in [5, 5.41) is 13.1. The topological polar surface area (TPSA) is 85.4 Å². The fourth-order valence-corrected chi connectivity index (χ4v) is 2.37. The Morgan fingerprint density at radius 3 is 2.90 bits per heavy atom. The van der Waals surface area contributed by atoms with Crippen LogP contribution in [0.15, 0.2) is 29.3 Å². The van der Waals surface area contributed by atoms with Gasteiger partial charge in [0, 0.05) is 17.7 Å². The van der Waals surface area contributed by atoms with E-state index in [0.29, 0.717) is 18.4 Å². The van der Waals surface area contributed by atoms with Crippen LogP contribution in [0.1, 0.15) is 29.8 Å². The Bertz CT molecular complexity index is 623. The molecule has 2 rings (SSSR count). The maximum Gasteiger partial charge on any atom is 0.193 e. The summed E-state index contributed by atoms with van der Waals surface area (Å²) in [4.78, 5) is 4.27. The highest BCUT2D eigenvalue weighted by molar-refractivity contribution is 7.11. The monoisotopic (exact) mass is 305 g/mol. The molecular formula is C14H19N5OS. The van der Waals surface area contributed by atoms with Crippen molar-refractivity contribution in [1.82, 2.24) is 10.2 Å². The van der Waals surface area contributed by atoms with Crippen LogP contribution in [0.2, 0.25) is 0 Å². The zero-order valence-corrected chi connectivity index (χ0v) is 13.1. The highest BCUT2D eigenvalue weighted by Gasteiger charge is 2.07. The maximum absolute atomic E-state index is 5.87. The zero-order valence-electron chi connectivity index (χ0n) is 12.3. The Labute approximate surface area is 128 Å². The van der Waals surface area contributed by atoms with Crippen LogP contribution in [0.5, 0.6) is 5.75 Å². The van der Waals surface area contributed by atoms with E-state index in [4.69, 9.17) is 10.5 Å². The van der Waals surface area contributed by atoms with Crippen molar-refractivity contribution in [2.45, 2.75) is 26.3 Å². The van der Waals surface area contributed by atoms with Gasteiger partial charge in [0.05, 0.1) is 13.7 Å². The summed E-state index contributed by atoms with van der Waals surface area (Å²) in [7, 11) is 1.62. The van der Waals surface area contributed by atoms with E-state index in [0.717, 1.165) is 21.5 Å². The molecule has 1 heterocycles. The molecule has 3 N–H and O–H groups in total. The molecule has 0 saturated heterocycles. The van der Waals surface area contributed by atoms with E-state index in [2.05, 4.69) is 34.4 Å². The van der Waals surface area contributed by atoms with Crippen LogP contribution in [0.4, 0.5) is 5.69 Å². The molecule has 1 aromatic carbocycles. The summed E-state index contributed by atoms with van der Waals surface area (Å²) in [6.45, 7) is 4.60. The minimum Gasteiger partial charge on any atom is -0.497 e. The van der Waals surface area contributed by atoms with Gasteiger partial charge in [-0.3, -0.25) is 0 Å². The Morgan fingerprint density at radius 1 is 1.43 bits per heavy atom. The van der Waals surface area contributed by atoms with Gasteiger partial charge in [-0.25, -0.2) is 4.99 Å². The van der Waals surface area contributed by atoms with Gasteiger partial charge in [-0.1, -0.05) is 31.3 Å². The van der Waals surface area contributed by atoms with Crippen molar-refractivity contribution in [3.8, 4) is 5.75 Å². The molecule has 0 radical (unpaired) electrons. The van der Waals surface area contributed by atoms with E-state index >= 15 is 0 Å². The number of nitrogens with zero attached hydrogens (tertiary/aromatic N) is 3. The van der Waals surface area contributed by atoms with Gasteiger partial charge in [0.25, 0.3) is 0 Å². The number of aromatic nitrogens is 2. The third-order valence-corrected chi connectivity index (χ3v) is 3.91. The summed E-state index contributed by atoms with van der Waals surface area (Å²) in [6, 6.07) is 7.50. The van der Waals surface area contributed by atoms with Crippen LogP contribution in [0.3, 0.4) is 0 Å². The molecule has 0 bridgehead atoms. The van der Waals surface area contributed by atoms with Gasteiger partial charge in [-0.15, -0.1) is 10.2 Å². The van der Waals surface area contributed by atoms with Crippen LogP contribution in [0, 0.1) is 0 Å². The quantitative estimate of drug-likeness (QED) is 0.655. The molecule has 7 heteroatoms. The molecule has 0 aliphatic carbocycles. The van der Waals surface area contributed by atoms with Gasteiger partial charge in [0.1, 0.15) is 15.8 Å². The summed E-state index contributed by atoms with van der Waals surface area (Å²) in [6.07, 6.45) is 0. The van der Waals surface area contributed by atoms with E-state index in [1.54, 1.807) is 18.4 Å². The van der Waals surface area contributed by atoms with Crippen molar-refractivity contribution in [3.63, 3.8) is 0 Å². The van der Waals surface area contributed by atoms with Gasteiger partial charge in [0.2, 0.25) is 0 Å². The molecule has 6 nitrogen and oxygen atoms in total. The average Bonchev–Trinajstić information content (AvgIpc) is 2.94. The number of guanidine groups is 1. The summed E-state index contributed by atoms with van der Waals surface area (Å²) < 4.78 is 5.15. The molecule has 0 aliphatic heterocycles. The number of benzene rings is 1. The Balaban J connectivity index is 1.96. The normalized spacial score (nSPS) is 11.7. The van der Waals surface area contributed by atoms with Crippen LogP contribution in [-0.4, -0.2) is 23.3 Å². The van der Waals surface area contributed by atoms with Crippen molar-refractivity contribution in [3.05, 3.63) is 34.3 Å². The van der Waals surface area contributed by atoms with Gasteiger partial charge in [0.15, 0.2) is 5.96 Å². The first kappa shape index (κ1) is 15.2. The summed E-state index contributed by atoms with van der Waals surface area (Å²) in [5.74, 6) is 1.48. The number of methoxy groups -OCH3 is 1. The number of anilines is 1. The molecule has 0 amide bonds. The first-order valence-corrected chi connectivity index (χ1v) is 7.43. The van der Waals surface area contributed by atoms with E-state index in [9.17, 15) is 0 Å². The van der Waals surface area contributed by atoms with Gasteiger partial charge >= 0.3 is 0 Å². The Morgan fingerprint density at radius 2 is 2.24 bits per heavy atom. The molecular weight excluding hydrogens is 286 g/mol. The first-order valence-electron chi connectivity index (χ1n) is 6.61. The minimum absolute atomic E-state index is 0.338. The zero-order chi connectivity index (χ0) is 15.2. The number of hydrogen-bond acceptors (Lipinski definition) is 5. The maximum atomic E-state index is 5.87. The van der Waals surface area contributed by atoms with Gasteiger partial charge < -0.3 is 15.8 Å². The third-order valence-electron chi connectivity index (χ3n) is 2.70. The van der Waals surface area contributed by atoms with Crippen LogP contribution in [0.25, 0.3) is 0 Å². The smallest absolute Gasteiger partial charge is 0.193 e. The number of rotatable bonds is 5. The second-order valence-corrected chi connectivity index (χ2v) is 5.84. The summed E-state index contributed by atoms with van der Waals surface area (Å²) >= 11 is 1.56. The lowest BCUT2D eigenvalue weighted by molar-refractivity contribution is 0.415. The van der Waals surface area contributed by atoms with Gasteiger partial charge in [-0.05, 0) is 12.1 Å². The molecule has 0 atom stereocenters. The lowest BCUT2D eigenvalue weighted by Gasteiger charge is -2.06. The lowest BCUT2D eigenvalue weighted by Crippen LogP contribution is -2.22. The fourth-order valence-electron chi connectivity index (χ4n) is 1.60. The summed E-state index contributed by atoms with van der Waals surface area (Å²) in [5.41, 5.74) is 6.70. The molecule has 0 aliphatic rings. The van der Waals surface area contributed by atoms with Crippen LogP contribution in [-0.2, 0) is 6.54 Å². The van der Waals surface area contributed by atoms with Crippen molar-refractivity contribution in [1.29, 1.82) is 0 Å². The van der Waals surface area contributed by atoms with E-state index in [1.807, 2.05) is 24.3 Å². The minimum atomic E-state index is 0.338. The largest absolute Gasteiger partial charge is 0.497 e. The predicted molar refractivity (Wildman–Crippen MR) is 85.9 cm³/mol. The molecule has 1 aromatic heterocycles. The molecule has 0 fully saturated rings. The van der Waals surface area contributed by atoms with Crippen molar-refractivity contribution in [2.75, 3.05) is 12.4 Å². The van der Waals surface area contributed by atoms with Crippen LogP contribution < -0.4 is 15.8 Å². The second kappa shape index (κ2) is 7.03. The lowest BCUT2D eigenvalue weighted by atomic mass is 10.2. The molecule has 0 saturated carbocycles. The number of aliphatic imine (C=N–C) groups is 1. The number of nitrogens with one attached hydrogen (secondary N) is 1. The highest BCUT2D eigenvalue weighted by Crippen LogP contribution is 2.19. The third kappa shape index (κ3) is 4.42. The number of hydrogen-bond donors (Lipinski definition) is 2. The standard InChI is InChI=1S/C14H19N5OS/c1-9(2)13-19-18-12(21-13)8-16-14(15)17-10-5-4-6-11(7-10)20-3/h4-7,9H,8H2,1-3H3,(H3,15,16,17). The first-order chi connectivity index (χ1) is 10.1. The van der Waals surface area contributed by atoms with E-state index < -0.39 is 0 Å². The van der Waals surface area contributed by atoms with E-state index in [-0.39, 0.29) is 0 Å². The SMILES string of the molecule is COc1cccc(NC(N)=NCc2nnc(C(C)C)s2)c1. The fraction of sp³-hybridized carbons (Fsp3) is 0.357. The van der Waals surface area contributed by atoms with Crippen molar-refractivity contribution < 1.29 is 4.74 Å². The number of nitrogens with two attached hydrogens (primary N) is 1. The number of ether oxygens (including phenoxy) is 1.